The van der Waals surface area contributed by atoms with Gasteiger partial charge in [-0.2, -0.15) is 9.97 Å². The number of aromatic nitrogens is 4. The second-order valence-electron chi connectivity index (χ2n) is 5.22. The molecule has 0 aromatic carbocycles. The lowest BCUT2D eigenvalue weighted by molar-refractivity contribution is -0.129. The molecule has 22 heavy (non-hydrogen) atoms. The Balaban J connectivity index is 2.09. The topological polar surface area (TPSA) is 140 Å². The van der Waals surface area contributed by atoms with E-state index in [1.165, 1.54) is 10.9 Å². The second kappa shape index (κ2) is 5.28. The fraction of sp³-hybridized carbons (Fsp3) is 0.583. The van der Waals surface area contributed by atoms with Crippen molar-refractivity contribution in [1.82, 2.24) is 19.5 Å². The van der Waals surface area contributed by atoms with Crippen LogP contribution >= 0.6 is 11.6 Å². The van der Waals surface area contributed by atoms with Crippen LogP contribution < -0.4 is 5.73 Å². The summed E-state index contributed by atoms with van der Waals surface area (Å²) >= 11 is 5.80. The van der Waals surface area contributed by atoms with Crippen molar-refractivity contribution in [3.8, 4) is 0 Å². The minimum Gasteiger partial charge on any atom is -0.393 e. The highest BCUT2D eigenvalue weighted by molar-refractivity contribution is 6.28. The molecule has 0 aliphatic carbocycles. The lowest BCUT2D eigenvalue weighted by atomic mass is 9.93. The van der Waals surface area contributed by atoms with Gasteiger partial charge < -0.3 is 25.8 Å². The normalized spacial score (nSPS) is 32.0. The number of nitrogen functional groups attached to an aromatic ring is 1. The summed E-state index contributed by atoms with van der Waals surface area (Å²) in [7, 11) is 0. The molecule has 0 radical (unpaired) electrons. The highest BCUT2D eigenvalue weighted by atomic mass is 35.5. The molecule has 1 aliphatic rings. The first-order valence-corrected chi connectivity index (χ1v) is 7.11. The SMILES string of the molecule is CC[C@]1(CO)O[C@@H](n2cnc3c(N)nc(Cl)nc32)[C@@H](O)[C@@H]1O. The summed E-state index contributed by atoms with van der Waals surface area (Å²) in [6.45, 7) is 1.32. The van der Waals surface area contributed by atoms with Crippen LogP contribution in [0, 0.1) is 0 Å². The van der Waals surface area contributed by atoms with Gasteiger partial charge in [0.05, 0.1) is 12.9 Å². The van der Waals surface area contributed by atoms with E-state index in [0.29, 0.717) is 11.9 Å². The number of nitrogens with zero attached hydrogens (tertiary/aromatic N) is 4. The molecule has 4 atom stereocenters. The summed E-state index contributed by atoms with van der Waals surface area (Å²) < 4.78 is 7.15. The molecule has 10 heteroatoms. The Morgan fingerprint density at radius 2 is 2.18 bits per heavy atom. The molecule has 1 aliphatic heterocycles. The van der Waals surface area contributed by atoms with Gasteiger partial charge in [-0.1, -0.05) is 6.92 Å². The Morgan fingerprint density at radius 3 is 2.77 bits per heavy atom. The number of aliphatic hydroxyl groups is 3. The molecule has 3 rings (SSSR count). The molecule has 0 bridgehead atoms. The summed E-state index contributed by atoms with van der Waals surface area (Å²) in [4.78, 5) is 11.9. The van der Waals surface area contributed by atoms with Crippen LogP contribution in [0.4, 0.5) is 5.82 Å². The minimum absolute atomic E-state index is 0.0660. The molecule has 1 fully saturated rings. The van der Waals surface area contributed by atoms with Gasteiger partial charge in [0.15, 0.2) is 17.7 Å². The molecular weight excluding hydrogens is 314 g/mol. The van der Waals surface area contributed by atoms with Gasteiger partial charge in [-0.05, 0) is 18.0 Å². The van der Waals surface area contributed by atoms with Crippen molar-refractivity contribution in [3.05, 3.63) is 11.6 Å². The standard InChI is InChI=1S/C12H16ClN5O4/c1-2-12(3-19)7(21)6(20)10(22-12)18-4-15-5-8(14)16-11(13)17-9(5)18/h4,6-7,10,19-21H,2-3H2,1H3,(H2,14,16,17)/t6-,7-,10+,12+/m0/s1. The molecule has 120 valence electrons. The van der Waals surface area contributed by atoms with Crippen molar-refractivity contribution >= 4 is 28.6 Å². The molecule has 9 nitrogen and oxygen atoms in total. The molecule has 0 spiro atoms. The number of nitrogens with two attached hydrogens (primary N) is 1. The Bertz CT molecular complexity index is 704. The van der Waals surface area contributed by atoms with Gasteiger partial charge in [-0.3, -0.25) is 4.57 Å². The van der Waals surface area contributed by atoms with Crippen LogP contribution in [0.25, 0.3) is 11.2 Å². The number of fused-ring (bicyclic) bond motifs is 1. The second-order valence-corrected chi connectivity index (χ2v) is 5.56. The predicted octanol–water partition coefficient (Wildman–Crippen LogP) is -0.546. The molecular formula is C12H16ClN5O4. The monoisotopic (exact) mass is 329 g/mol. The Labute approximate surface area is 130 Å². The number of hydrogen-bond donors (Lipinski definition) is 4. The maximum absolute atomic E-state index is 10.3. The van der Waals surface area contributed by atoms with E-state index in [4.69, 9.17) is 22.1 Å². The zero-order valence-corrected chi connectivity index (χ0v) is 12.5. The molecule has 0 unspecified atom stereocenters. The number of anilines is 1. The van der Waals surface area contributed by atoms with Crippen LogP contribution in [0.2, 0.25) is 5.28 Å². The zero-order valence-electron chi connectivity index (χ0n) is 11.7. The predicted molar refractivity (Wildman–Crippen MR) is 77.0 cm³/mol. The molecule has 3 heterocycles. The first kappa shape index (κ1) is 15.4. The highest BCUT2D eigenvalue weighted by Gasteiger charge is 2.53. The van der Waals surface area contributed by atoms with Gasteiger partial charge in [0, 0.05) is 0 Å². The van der Waals surface area contributed by atoms with E-state index in [1.807, 2.05) is 0 Å². The van der Waals surface area contributed by atoms with Crippen LogP contribution in [0.1, 0.15) is 19.6 Å². The van der Waals surface area contributed by atoms with Crippen molar-refractivity contribution in [2.75, 3.05) is 12.3 Å². The average Bonchev–Trinajstić information content (AvgIpc) is 3.01. The van der Waals surface area contributed by atoms with Crippen molar-refractivity contribution in [1.29, 1.82) is 0 Å². The number of imidazole rings is 1. The number of aliphatic hydroxyl groups excluding tert-OH is 3. The molecule has 0 amide bonds. The first-order chi connectivity index (χ1) is 10.4. The largest absolute Gasteiger partial charge is 0.393 e. The average molecular weight is 330 g/mol. The minimum atomic E-state index is -1.26. The summed E-state index contributed by atoms with van der Waals surface area (Å²) in [6.07, 6.45) is -1.80. The maximum atomic E-state index is 10.3. The maximum Gasteiger partial charge on any atom is 0.226 e. The van der Waals surface area contributed by atoms with Crippen molar-refractivity contribution in [2.45, 2.75) is 37.4 Å². The van der Waals surface area contributed by atoms with Crippen molar-refractivity contribution in [3.63, 3.8) is 0 Å². The van der Waals surface area contributed by atoms with Crippen LogP contribution in [-0.4, -0.2) is 59.3 Å². The van der Waals surface area contributed by atoms with Crippen LogP contribution in [0.3, 0.4) is 0 Å². The fourth-order valence-electron chi connectivity index (χ4n) is 2.70. The van der Waals surface area contributed by atoms with Crippen LogP contribution in [0.5, 0.6) is 0 Å². The van der Waals surface area contributed by atoms with E-state index in [2.05, 4.69) is 15.0 Å². The van der Waals surface area contributed by atoms with Crippen LogP contribution in [0.15, 0.2) is 6.33 Å². The lowest BCUT2D eigenvalue weighted by Crippen LogP contribution is -2.45. The summed E-state index contributed by atoms with van der Waals surface area (Å²) in [5.74, 6) is 0.102. The van der Waals surface area contributed by atoms with E-state index < -0.39 is 30.6 Å². The Hall–Kier alpha value is -1.52. The number of ether oxygens (including phenoxy) is 1. The van der Waals surface area contributed by atoms with Gasteiger partial charge in [-0.15, -0.1) is 0 Å². The molecule has 2 aromatic rings. The van der Waals surface area contributed by atoms with E-state index in [1.54, 1.807) is 6.92 Å². The Kier molecular flexibility index (Phi) is 3.69. The van der Waals surface area contributed by atoms with Gasteiger partial charge in [0.25, 0.3) is 0 Å². The van der Waals surface area contributed by atoms with Crippen molar-refractivity contribution < 1.29 is 20.1 Å². The lowest BCUT2D eigenvalue weighted by Gasteiger charge is -2.28. The third-order valence-electron chi connectivity index (χ3n) is 4.07. The van der Waals surface area contributed by atoms with E-state index in [-0.39, 0.29) is 16.7 Å². The third-order valence-corrected chi connectivity index (χ3v) is 4.24. The molecule has 0 saturated carbocycles. The van der Waals surface area contributed by atoms with E-state index in [9.17, 15) is 15.3 Å². The van der Waals surface area contributed by atoms with Crippen molar-refractivity contribution in [2.24, 2.45) is 0 Å². The van der Waals surface area contributed by atoms with Gasteiger partial charge in [0.2, 0.25) is 5.28 Å². The molecule has 2 aromatic heterocycles. The third kappa shape index (κ3) is 2.05. The fourth-order valence-corrected chi connectivity index (χ4v) is 2.87. The van der Waals surface area contributed by atoms with Crippen LogP contribution in [-0.2, 0) is 4.74 Å². The molecule has 5 N–H and O–H groups in total. The van der Waals surface area contributed by atoms with Gasteiger partial charge in [0.1, 0.15) is 23.3 Å². The number of rotatable bonds is 3. The summed E-state index contributed by atoms with van der Waals surface area (Å²) in [5, 5.41) is 30.0. The van der Waals surface area contributed by atoms with Gasteiger partial charge >= 0.3 is 0 Å². The summed E-state index contributed by atoms with van der Waals surface area (Å²) in [6, 6.07) is 0. The van der Waals surface area contributed by atoms with Gasteiger partial charge in [-0.25, -0.2) is 4.98 Å². The van der Waals surface area contributed by atoms with E-state index in [0.717, 1.165) is 0 Å². The quantitative estimate of drug-likeness (QED) is 0.550. The first-order valence-electron chi connectivity index (χ1n) is 6.74. The number of hydrogen-bond acceptors (Lipinski definition) is 8. The zero-order chi connectivity index (χ0) is 16.1. The Morgan fingerprint density at radius 1 is 1.45 bits per heavy atom. The summed E-state index contributed by atoms with van der Waals surface area (Å²) in [5.41, 5.74) is 5.07. The highest BCUT2D eigenvalue weighted by Crippen LogP contribution is 2.40. The number of halogens is 1. The van der Waals surface area contributed by atoms with E-state index >= 15 is 0 Å². The smallest absolute Gasteiger partial charge is 0.226 e. The molecule has 1 saturated heterocycles.